The average molecular weight is 198 g/mol. The van der Waals surface area contributed by atoms with Gasteiger partial charge in [0.05, 0.1) is 24.2 Å². The van der Waals surface area contributed by atoms with Crippen molar-refractivity contribution in [3.8, 4) is 5.75 Å². The molecule has 0 atom stereocenters. The van der Waals surface area contributed by atoms with Crippen LogP contribution in [0.1, 0.15) is 5.56 Å². The SMILES string of the molecule is COc1cccc(CON)c1[N+](=O)[O-]. The summed E-state index contributed by atoms with van der Waals surface area (Å²) in [6.45, 7) is -0.0203. The Bertz CT molecular complexity index is 340. The molecule has 0 spiro atoms. The lowest BCUT2D eigenvalue weighted by molar-refractivity contribution is -0.386. The van der Waals surface area contributed by atoms with Gasteiger partial charge in [0.25, 0.3) is 0 Å². The van der Waals surface area contributed by atoms with Crippen molar-refractivity contribution in [2.24, 2.45) is 5.90 Å². The van der Waals surface area contributed by atoms with Crippen LogP contribution in [-0.4, -0.2) is 12.0 Å². The van der Waals surface area contributed by atoms with Gasteiger partial charge in [0.2, 0.25) is 0 Å². The minimum absolute atomic E-state index is 0.0203. The lowest BCUT2D eigenvalue weighted by Gasteiger charge is -2.05. The largest absolute Gasteiger partial charge is 0.490 e. The summed E-state index contributed by atoms with van der Waals surface area (Å²) in [5.74, 6) is 5.06. The molecule has 0 radical (unpaired) electrons. The van der Waals surface area contributed by atoms with Crippen molar-refractivity contribution >= 4 is 5.69 Å². The summed E-state index contributed by atoms with van der Waals surface area (Å²) in [4.78, 5) is 14.5. The molecule has 0 heterocycles. The van der Waals surface area contributed by atoms with Crippen LogP contribution in [0, 0.1) is 10.1 Å². The number of nitrogens with zero attached hydrogens (tertiary/aromatic N) is 1. The molecule has 6 nitrogen and oxygen atoms in total. The van der Waals surface area contributed by atoms with Crippen LogP contribution in [0.2, 0.25) is 0 Å². The van der Waals surface area contributed by atoms with E-state index in [0.29, 0.717) is 5.56 Å². The molecule has 0 fully saturated rings. The zero-order valence-corrected chi connectivity index (χ0v) is 7.60. The van der Waals surface area contributed by atoms with Crippen LogP contribution >= 0.6 is 0 Å². The summed E-state index contributed by atoms with van der Waals surface area (Å²) in [6.07, 6.45) is 0. The number of hydrogen-bond acceptors (Lipinski definition) is 5. The van der Waals surface area contributed by atoms with Crippen LogP contribution in [0.25, 0.3) is 0 Å². The van der Waals surface area contributed by atoms with E-state index < -0.39 is 4.92 Å². The monoisotopic (exact) mass is 198 g/mol. The second-order valence-corrected chi connectivity index (χ2v) is 2.54. The van der Waals surface area contributed by atoms with Gasteiger partial charge in [-0.3, -0.25) is 15.0 Å². The second-order valence-electron chi connectivity index (χ2n) is 2.54. The third-order valence-electron chi connectivity index (χ3n) is 1.72. The lowest BCUT2D eigenvalue weighted by Crippen LogP contribution is -2.03. The molecule has 76 valence electrons. The van der Waals surface area contributed by atoms with Gasteiger partial charge in [-0.15, -0.1) is 0 Å². The number of rotatable bonds is 4. The maximum Gasteiger partial charge on any atom is 0.316 e. The van der Waals surface area contributed by atoms with Gasteiger partial charge in [0.15, 0.2) is 5.75 Å². The molecule has 0 unspecified atom stereocenters. The average Bonchev–Trinajstić information content (AvgIpc) is 2.17. The van der Waals surface area contributed by atoms with Gasteiger partial charge in [-0.05, 0) is 12.1 Å². The third-order valence-corrected chi connectivity index (χ3v) is 1.72. The van der Waals surface area contributed by atoms with Crippen molar-refractivity contribution < 1.29 is 14.5 Å². The Hall–Kier alpha value is -1.66. The normalized spacial score (nSPS) is 9.86. The van der Waals surface area contributed by atoms with Crippen molar-refractivity contribution in [1.82, 2.24) is 0 Å². The number of benzene rings is 1. The highest BCUT2D eigenvalue weighted by Crippen LogP contribution is 2.30. The number of para-hydroxylation sites is 1. The highest BCUT2D eigenvalue weighted by atomic mass is 16.6. The zero-order chi connectivity index (χ0) is 10.6. The molecule has 0 bridgehead atoms. The fourth-order valence-corrected chi connectivity index (χ4v) is 1.15. The number of nitro groups is 1. The minimum atomic E-state index is -0.521. The van der Waals surface area contributed by atoms with Crippen molar-refractivity contribution in [2.75, 3.05) is 7.11 Å². The van der Waals surface area contributed by atoms with Crippen LogP contribution < -0.4 is 10.6 Å². The summed E-state index contributed by atoms with van der Waals surface area (Å²) < 4.78 is 4.86. The first kappa shape index (κ1) is 10.4. The van der Waals surface area contributed by atoms with E-state index in [1.807, 2.05) is 0 Å². The van der Waals surface area contributed by atoms with Gasteiger partial charge in [-0.2, -0.15) is 0 Å². The van der Waals surface area contributed by atoms with E-state index in [0.717, 1.165) is 0 Å². The predicted molar refractivity (Wildman–Crippen MR) is 48.6 cm³/mol. The van der Waals surface area contributed by atoms with Crippen LogP contribution in [0.15, 0.2) is 18.2 Å². The summed E-state index contributed by atoms with van der Waals surface area (Å²) in [5.41, 5.74) is 0.275. The fraction of sp³-hybridized carbons (Fsp3) is 0.250. The van der Waals surface area contributed by atoms with E-state index >= 15 is 0 Å². The molecule has 14 heavy (non-hydrogen) atoms. The maximum absolute atomic E-state index is 10.7. The molecule has 0 aliphatic heterocycles. The Morgan fingerprint density at radius 1 is 1.57 bits per heavy atom. The number of methoxy groups -OCH3 is 1. The summed E-state index contributed by atoms with van der Waals surface area (Å²) >= 11 is 0. The summed E-state index contributed by atoms with van der Waals surface area (Å²) in [7, 11) is 1.37. The Morgan fingerprint density at radius 3 is 2.79 bits per heavy atom. The molecule has 0 saturated heterocycles. The Morgan fingerprint density at radius 2 is 2.29 bits per heavy atom. The molecule has 0 aromatic heterocycles. The van der Waals surface area contributed by atoms with Gasteiger partial charge in [0, 0.05) is 0 Å². The molecule has 1 aromatic carbocycles. The van der Waals surface area contributed by atoms with E-state index in [-0.39, 0.29) is 18.0 Å². The van der Waals surface area contributed by atoms with Crippen LogP contribution in [0.4, 0.5) is 5.69 Å². The Balaban J connectivity index is 3.20. The molecular weight excluding hydrogens is 188 g/mol. The van der Waals surface area contributed by atoms with Crippen molar-refractivity contribution in [2.45, 2.75) is 6.61 Å². The van der Waals surface area contributed by atoms with Crippen LogP contribution in [0.5, 0.6) is 5.75 Å². The first-order valence-corrected chi connectivity index (χ1v) is 3.82. The molecule has 1 aromatic rings. The highest BCUT2D eigenvalue weighted by molar-refractivity contribution is 5.52. The molecule has 6 heteroatoms. The van der Waals surface area contributed by atoms with Crippen LogP contribution in [0.3, 0.4) is 0 Å². The van der Waals surface area contributed by atoms with Gasteiger partial charge in [-0.1, -0.05) is 6.07 Å². The molecule has 0 amide bonds. The number of nitrogens with two attached hydrogens (primary N) is 1. The smallest absolute Gasteiger partial charge is 0.316 e. The molecule has 0 saturated carbocycles. The van der Waals surface area contributed by atoms with Crippen molar-refractivity contribution in [3.05, 3.63) is 33.9 Å². The van der Waals surface area contributed by atoms with Gasteiger partial charge in [-0.25, -0.2) is 5.90 Å². The molecule has 2 N–H and O–H groups in total. The quantitative estimate of drug-likeness (QED) is 0.575. The first-order valence-electron chi connectivity index (χ1n) is 3.82. The summed E-state index contributed by atoms with van der Waals surface area (Å²) in [5, 5.41) is 10.7. The topological polar surface area (TPSA) is 87.6 Å². The van der Waals surface area contributed by atoms with E-state index in [9.17, 15) is 10.1 Å². The summed E-state index contributed by atoms with van der Waals surface area (Å²) in [6, 6.07) is 4.71. The van der Waals surface area contributed by atoms with Gasteiger partial charge < -0.3 is 4.74 Å². The van der Waals surface area contributed by atoms with Crippen molar-refractivity contribution in [3.63, 3.8) is 0 Å². The number of nitro benzene ring substituents is 1. The van der Waals surface area contributed by atoms with Gasteiger partial charge >= 0.3 is 5.69 Å². The van der Waals surface area contributed by atoms with E-state index in [2.05, 4.69) is 4.84 Å². The maximum atomic E-state index is 10.7. The lowest BCUT2D eigenvalue weighted by atomic mass is 10.2. The van der Waals surface area contributed by atoms with Gasteiger partial charge in [0.1, 0.15) is 0 Å². The zero-order valence-electron chi connectivity index (χ0n) is 7.60. The highest BCUT2D eigenvalue weighted by Gasteiger charge is 2.19. The third kappa shape index (κ3) is 1.98. The standard InChI is InChI=1S/C8H10N2O4/c1-13-7-4-2-3-6(5-14-9)8(7)10(11)12/h2-4H,5,9H2,1H3. The Kier molecular flexibility index (Phi) is 3.38. The van der Waals surface area contributed by atoms with E-state index in [4.69, 9.17) is 10.6 Å². The molecule has 0 aliphatic rings. The molecule has 0 aliphatic carbocycles. The van der Waals surface area contributed by atoms with E-state index in [1.54, 1.807) is 12.1 Å². The van der Waals surface area contributed by atoms with Crippen LogP contribution in [-0.2, 0) is 11.4 Å². The van der Waals surface area contributed by atoms with Crippen molar-refractivity contribution in [1.29, 1.82) is 0 Å². The van der Waals surface area contributed by atoms with E-state index in [1.165, 1.54) is 13.2 Å². The predicted octanol–water partition coefficient (Wildman–Crippen LogP) is 0.994. The molecule has 1 rings (SSSR count). The number of ether oxygens (including phenoxy) is 1. The fourth-order valence-electron chi connectivity index (χ4n) is 1.15. The number of hydrogen-bond donors (Lipinski definition) is 1. The Labute approximate surface area is 80.3 Å². The second kappa shape index (κ2) is 4.54. The molecular formula is C8H10N2O4. The first-order chi connectivity index (χ1) is 6.70. The minimum Gasteiger partial charge on any atom is -0.490 e.